The van der Waals surface area contributed by atoms with Crippen molar-refractivity contribution in [3.63, 3.8) is 0 Å². The molecule has 20 heavy (non-hydrogen) atoms. The molecule has 1 amide bonds. The monoisotopic (exact) mass is 279 g/mol. The number of amides is 1. The molecule has 0 aliphatic heterocycles. The van der Waals surface area contributed by atoms with Gasteiger partial charge in [0.1, 0.15) is 18.2 Å². The lowest BCUT2D eigenvalue weighted by molar-refractivity contribution is -0.156. The fraction of sp³-hybridized carbons (Fsp3) is 0.467. The van der Waals surface area contributed by atoms with Crippen molar-refractivity contribution in [3.05, 3.63) is 35.9 Å². The summed E-state index contributed by atoms with van der Waals surface area (Å²) in [5, 5.41) is 2.44. The molecule has 0 unspecified atom stereocenters. The molecule has 5 nitrogen and oxygen atoms in total. The van der Waals surface area contributed by atoms with Crippen molar-refractivity contribution in [2.24, 2.45) is 0 Å². The minimum atomic E-state index is -0.752. The first kappa shape index (κ1) is 16.0. The van der Waals surface area contributed by atoms with Crippen LogP contribution in [0.2, 0.25) is 0 Å². The number of benzene rings is 1. The standard InChI is InChI=1S/C15H21NO4/c1-11(13(17)20-15(2,3)4)16-14(18)19-10-12-8-6-5-7-9-12/h5-9,11H,10H2,1-4H3,(H,16,18)/t11-/m1/s1. The normalized spacial score (nSPS) is 12.4. The third kappa shape index (κ3) is 6.22. The maximum absolute atomic E-state index is 11.7. The van der Waals surface area contributed by atoms with Gasteiger partial charge in [-0.05, 0) is 33.3 Å². The molecule has 1 aromatic carbocycles. The Morgan fingerprint density at radius 1 is 1.20 bits per heavy atom. The zero-order valence-corrected chi connectivity index (χ0v) is 12.3. The molecule has 0 saturated heterocycles. The molecule has 110 valence electrons. The van der Waals surface area contributed by atoms with Gasteiger partial charge < -0.3 is 14.8 Å². The van der Waals surface area contributed by atoms with Gasteiger partial charge in [0.15, 0.2) is 0 Å². The highest BCUT2D eigenvalue weighted by atomic mass is 16.6. The molecular weight excluding hydrogens is 258 g/mol. The summed E-state index contributed by atoms with van der Waals surface area (Å²) in [7, 11) is 0. The topological polar surface area (TPSA) is 64.6 Å². The Morgan fingerprint density at radius 3 is 2.35 bits per heavy atom. The number of nitrogens with one attached hydrogen (secondary N) is 1. The van der Waals surface area contributed by atoms with Gasteiger partial charge in [-0.1, -0.05) is 30.3 Å². The molecule has 0 fully saturated rings. The number of rotatable bonds is 4. The number of ether oxygens (including phenoxy) is 2. The number of carbonyl (C=O) groups excluding carboxylic acids is 2. The minimum absolute atomic E-state index is 0.160. The number of hydrogen-bond donors (Lipinski definition) is 1. The lowest BCUT2D eigenvalue weighted by Gasteiger charge is -2.22. The van der Waals surface area contributed by atoms with Crippen LogP contribution in [0.25, 0.3) is 0 Å². The van der Waals surface area contributed by atoms with E-state index in [9.17, 15) is 9.59 Å². The lowest BCUT2D eigenvalue weighted by atomic mass is 10.2. The Hall–Kier alpha value is -2.04. The van der Waals surface area contributed by atoms with Crippen molar-refractivity contribution in [2.45, 2.75) is 45.9 Å². The van der Waals surface area contributed by atoms with E-state index in [0.717, 1.165) is 5.56 Å². The van der Waals surface area contributed by atoms with Crippen LogP contribution in [0.1, 0.15) is 33.3 Å². The van der Waals surface area contributed by atoms with Gasteiger partial charge in [-0.25, -0.2) is 9.59 Å². The van der Waals surface area contributed by atoms with Crippen LogP contribution in [0.3, 0.4) is 0 Å². The summed E-state index contributed by atoms with van der Waals surface area (Å²) >= 11 is 0. The fourth-order valence-electron chi connectivity index (χ4n) is 1.39. The Balaban J connectivity index is 2.36. The number of alkyl carbamates (subject to hydrolysis) is 1. The van der Waals surface area contributed by atoms with E-state index >= 15 is 0 Å². The van der Waals surface area contributed by atoms with E-state index in [4.69, 9.17) is 9.47 Å². The van der Waals surface area contributed by atoms with Crippen molar-refractivity contribution in [1.82, 2.24) is 5.32 Å². The Labute approximate surface area is 119 Å². The lowest BCUT2D eigenvalue weighted by Crippen LogP contribution is -2.42. The van der Waals surface area contributed by atoms with Crippen LogP contribution in [-0.2, 0) is 20.9 Å². The van der Waals surface area contributed by atoms with Crippen LogP contribution in [0.15, 0.2) is 30.3 Å². The predicted octanol–water partition coefficient (Wildman–Crippen LogP) is 2.64. The molecule has 0 heterocycles. The molecule has 0 bridgehead atoms. The second-order valence-electron chi connectivity index (χ2n) is 5.46. The minimum Gasteiger partial charge on any atom is -0.458 e. The van der Waals surface area contributed by atoms with Gasteiger partial charge >= 0.3 is 12.1 Å². The van der Waals surface area contributed by atoms with Crippen LogP contribution >= 0.6 is 0 Å². The fourth-order valence-corrected chi connectivity index (χ4v) is 1.39. The number of carbonyl (C=O) groups is 2. The molecule has 0 aliphatic carbocycles. The average molecular weight is 279 g/mol. The van der Waals surface area contributed by atoms with Crippen molar-refractivity contribution >= 4 is 12.1 Å². The van der Waals surface area contributed by atoms with Crippen LogP contribution in [-0.4, -0.2) is 23.7 Å². The quantitative estimate of drug-likeness (QED) is 0.860. The van der Waals surface area contributed by atoms with E-state index < -0.39 is 23.7 Å². The van der Waals surface area contributed by atoms with Gasteiger partial charge in [-0.15, -0.1) is 0 Å². The summed E-state index contributed by atoms with van der Waals surface area (Å²) in [6, 6.07) is 8.56. The summed E-state index contributed by atoms with van der Waals surface area (Å²) in [5.74, 6) is -0.492. The van der Waals surface area contributed by atoms with Gasteiger partial charge in [0, 0.05) is 0 Å². The summed E-state index contributed by atoms with van der Waals surface area (Å²) in [5.41, 5.74) is 0.300. The first-order chi connectivity index (χ1) is 9.28. The Kier molecular flexibility index (Phi) is 5.55. The molecule has 0 aromatic heterocycles. The van der Waals surface area contributed by atoms with Crippen LogP contribution in [0.5, 0.6) is 0 Å². The van der Waals surface area contributed by atoms with Gasteiger partial charge in [0.25, 0.3) is 0 Å². The predicted molar refractivity (Wildman–Crippen MR) is 75.1 cm³/mol. The molecule has 0 aliphatic rings. The summed E-state index contributed by atoms with van der Waals surface area (Å²) in [6.07, 6.45) is -0.646. The van der Waals surface area contributed by atoms with Crippen LogP contribution in [0.4, 0.5) is 4.79 Å². The third-order valence-electron chi connectivity index (χ3n) is 2.31. The van der Waals surface area contributed by atoms with E-state index in [1.165, 1.54) is 0 Å². The zero-order chi connectivity index (χ0) is 15.2. The first-order valence-corrected chi connectivity index (χ1v) is 6.48. The van der Waals surface area contributed by atoms with Crippen LogP contribution in [0, 0.1) is 0 Å². The molecule has 0 saturated carbocycles. The smallest absolute Gasteiger partial charge is 0.408 e. The third-order valence-corrected chi connectivity index (χ3v) is 2.31. The maximum atomic E-state index is 11.7. The first-order valence-electron chi connectivity index (χ1n) is 6.48. The van der Waals surface area contributed by atoms with Crippen molar-refractivity contribution in [2.75, 3.05) is 0 Å². The molecule has 0 radical (unpaired) electrons. The Morgan fingerprint density at radius 2 is 1.80 bits per heavy atom. The van der Waals surface area contributed by atoms with E-state index in [0.29, 0.717) is 0 Å². The van der Waals surface area contributed by atoms with Gasteiger partial charge in [0.05, 0.1) is 0 Å². The highest BCUT2D eigenvalue weighted by Gasteiger charge is 2.23. The Bertz CT molecular complexity index is 451. The number of hydrogen-bond acceptors (Lipinski definition) is 4. The summed E-state index contributed by atoms with van der Waals surface area (Å²) in [6.45, 7) is 7.02. The molecule has 5 heteroatoms. The van der Waals surface area contributed by atoms with Crippen molar-refractivity contribution in [3.8, 4) is 0 Å². The van der Waals surface area contributed by atoms with Crippen LogP contribution < -0.4 is 5.32 Å². The highest BCUT2D eigenvalue weighted by molar-refractivity contribution is 5.81. The van der Waals surface area contributed by atoms with Crippen molar-refractivity contribution < 1.29 is 19.1 Å². The summed E-state index contributed by atoms with van der Waals surface area (Å²) in [4.78, 5) is 23.2. The molecule has 1 rings (SSSR count). The molecular formula is C15H21NO4. The van der Waals surface area contributed by atoms with Crippen molar-refractivity contribution in [1.29, 1.82) is 0 Å². The van der Waals surface area contributed by atoms with E-state index in [1.54, 1.807) is 27.7 Å². The molecule has 0 spiro atoms. The number of esters is 1. The van der Waals surface area contributed by atoms with E-state index in [-0.39, 0.29) is 6.61 Å². The average Bonchev–Trinajstić information content (AvgIpc) is 2.35. The maximum Gasteiger partial charge on any atom is 0.408 e. The summed E-state index contributed by atoms with van der Waals surface area (Å²) < 4.78 is 10.2. The second kappa shape index (κ2) is 6.93. The molecule has 1 atom stereocenters. The second-order valence-corrected chi connectivity index (χ2v) is 5.46. The van der Waals surface area contributed by atoms with Gasteiger partial charge in [-0.2, -0.15) is 0 Å². The van der Waals surface area contributed by atoms with Gasteiger partial charge in [-0.3, -0.25) is 0 Å². The largest absolute Gasteiger partial charge is 0.458 e. The van der Waals surface area contributed by atoms with E-state index in [2.05, 4.69) is 5.32 Å². The highest BCUT2D eigenvalue weighted by Crippen LogP contribution is 2.08. The van der Waals surface area contributed by atoms with Gasteiger partial charge in [0.2, 0.25) is 0 Å². The molecule has 1 aromatic rings. The molecule has 1 N–H and O–H groups in total. The SMILES string of the molecule is C[C@@H](NC(=O)OCc1ccccc1)C(=O)OC(C)(C)C. The zero-order valence-electron chi connectivity index (χ0n) is 12.3. The van der Waals surface area contributed by atoms with E-state index in [1.807, 2.05) is 30.3 Å².